The highest BCUT2D eigenvalue weighted by Gasteiger charge is 2.32. The topological polar surface area (TPSA) is 150 Å². The summed E-state index contributed by atoms with van der Waals surface area (Å²) in [6, 6.07) is 51.5. The molecule has 5 aromatic carbocycles. The fourth-order valence-corrected chi connectivity index (χ4v) is 19.2. The summed E-state index contributed by atoms with van der Waals surface area (Å²) in [5, 5.41) is 10.1. The maximum atomic E-state index is 8.60. The van der Waals surface area contributed by atoms with Gasteiger partial charge >= 0.3 is 0 Å². The fraction of sp³-hybridized carbons (Fsp3) is 0.350. The molecule has 0 fully saturated rings. The molecule has 0 aliphatic carbocycles. The first-order valence-corrected chi connectivity index (χ1v) is 48.4. The van der Waals surface area contributed by atoms with Crippen molar-refractivity contribution in [1.82, 2.24) is 24.9 Å². The van der Waals surface area contributed by atoms with Crippen molar-refractivity contribution in [3.05, 3.63) is 295 Å². The molecule has 0 atom stereocenters. The Morgan fingerprint density at radius 2 is 0.449 bits per heavy atom. The molecule has 0 unspecified atom stereocenters. The van der Waals surface area contributed by atoms with Gasteiger partial charge < -0.3 is 22.1 Å². The lowest BCUT2D eigenvalue weighted by Crippen LogP contribution is -2.32. The fourth-order valence-electron chi connectivity index (χ4n) is 19.2. The minimum absolute atomic E-state index is 0.0841. The van der Waals surface area contributed by atoms with Crippen molar-refractivity contribution in [2.24, 2.45) is 35.2 Å². The van der Waals surface area contributed by atoms with E-state index in [-0.39, 0.29) is 23.0 Å². The Morgan fingerprint density at radius 3 is 0.667 bits per heavy atom. The average molecular weight is 1850 g/mol. The molecule has 0 bridgehead atoms. The molecule has 15 aromatic heterocycles. The van der Waals surface area contributed by atoms with E-state index in [0.29, 0.717) is 68.8 Å². The van der Waals surface area contributed by atoms with Gasteiger partial charge in [-0.05, 0) is 245 Å². The van der Waals surface area contributed by atoms with E-state index in [9.17, 15) is 0 Å². The standard InChI is InChI=1S/3C25H29N2O.2C24H27N2O/c3*1-14(2)20-12-22(27(7)13-17(20)6)23-16(5)8-9-18-19-10-11-21(15(3)4)26-25(19)28-24(18)23;2*1-7-17-9-11-19-18-10-8-15(4)22(23(18)27-24(19)25-17)21-12-20(14(2)3)16(5)13-26(21)6/h3*8-15H,1-7H3;2*8-14H,7H2,1-6H3/q5*+1/i6D3,14D;6D3;;5D3,14D;5D3. The van der Waals surface area contributed by atoms with Crippen molar-refractivity contribution in [2.45, 2.75) is 254 Å². The van der Waals surface area contributed by atoms with Crippen LogP contribution in [0, 0.1) is 68.9 Å². The van der Waals surface area contributed by atoms with Crippen molar-refractivity contribution in [2.75, 3.05) is 0 Å². The van der Waals surface area contributed by atoms with Gasteiger partial charge in [0.25, 0.3) is 0 Å². The molecule has 0 saturated heterocycles. The lowest BCUT2D eigenvalue weighted by molar-refractivity contribution is -0.660. The largest absolute Gasteiger partial charge is 0.437 e. The Kier molecular flexibility index (Phi) is 22.9. The number of fused-ring (bicyclic) bond motifs is 15. The van der Waals surface area contributed by atoms with Gasteiger partial charge in [-0.15, -0.1) is 0 Å². The number of aromatic nitrogens is 10. The molecule has 0 radical (unpaired) electrons. The molecule has 15 heterocycles. The molecule has 0 spiro atoms. The van der Waals surface area contributed by atoms with Crippen LogP contribution in [0.4, 0.5) is 0 Å². The third-order valence-electron chi connectivity index (χ3n) is 27.2. The van der Waals surface area contributed by atoms with E-state index in [1.54, 1.807) is 52.5 Å². The summed E-state index contributed by atoms with van der Waals surface area (Å²) in [5.74, 6) is -0.507. The van der Waals surface area contributed by atoms with E-state index in [1.165, 1.54) is 22.4 Å². The first-order valence-electron chi connectivity index (χ1n) is 55.4. The number of furan rings is 5. The monoisotopic (exact) mass is 1850 g/mol. The highest BCUT2D eigenvalue weighted by molar-refractivity contribution is 6.13. The number of aryl methyl sites for hydroxylation is 17. The molecule has 15 nitrogen and oxygen atoms in total. The van der Waals surface area contributed by atoms with Crippen LogP contribution in [0.15, 0.2) is 205 Å². The van der Waals surface area contributed by atoms with Crippen molar-refractivity contribution >= 4 is 110 Å². The molecule has 0 N–H and O–H groups in total. The van der Waals surface area contributed by atoms with Crippen molar-refractivity contribution in [3.8, 4) is 56.3 Å². The highest BCUT2D eigenvalue weighted by atomic mass is 16.4. The third kappa shape index (κ3) is 18.6. The maximum Gasteiger partial charge on any atom is 0.227 e. The van der Waals surface area contributed by atoms with Gasteiger partial charge in [-0.3, -0.25) is 0 Å². The van der Waals surface area contributed by atoms with Gasteiger partial charge in [0.1, 0.15) is 35.2 Å². The molecule has 708 valence electrons. The van der Waals surface area contributed by atoms with Gasteiger partial charge in [0.15, 0.2) is 58.9 Å². The lowest BCUT2D eigenvalue weighted by Gasteiger charge is -2.12. The Balaban J connectivity index is 0.000000135. The normalized spacial score (nSPS) is 14.0. The summed E-state index contributed by atoms with van der Waals surface area (Å²) < 4.78 is 154. The molecule has 20 rings (SSSR count). The van der Waals surface area contributed by atoms with E-state index in [0.717, 1.165) is 213 Å². The van der Waals surface area contributed by atoms with E-state index in [1.807, 2.05) is 161 Å². The van der Waals surface area contributed by atoms with Gasteiger partial charge in [0, 0.05) is 160 Å². The molecule has 0 aliphatic rings. The van der Waals surface area contributed by atoms with Crippen LogP contribution in [0.2, 0.25) is 0 Å². The first kappa shape index (κ1) is 80.7. The Hall–Kier alpha value is -13.4. The molecule has 0 aliphatic heterocycles. The van der Waals surface area contributed by atoms with E-state index in [4.69, 9.17) is 56.2 Å². The van der Waals surface area contributed by atoms with Gasteiger partial charge in [-0.25, -0.2) is 47.8 Å². The van der Waals surface area contributed by atoms with E-state index >= 15 is 0 Å². The Labute approximate surface area is 834 Å². The molecule has 20 aromatic rings. The Morgan fingerprint density at radius 1 is 0.246 bits per heavy atom. The van der Waals surface area contributed by atoms with Gasteiger partial charge in [-0.2, -0.15) is 0 Å². The van der Waals surface area contributed by atoms with E-state index in [2.05, 4.69) is 204 Å². The SMILES string of the molecule is Cc1c[n+](C)c(-c2c(C)ccc3c2oc2nc(C(C)C)ccc23)cc1C(C)C.[2H]C([2H])([2H])c1c[n+](C)c(-c2c(C)ccc3c2oc2nc(C(C)C)ccc23)cc1C(C)C.[2H]C([2H])([2H])c1c[n+](C)c(-c2c(C)ccc3c2oc2nc(C(C)C)ccc23)cc1C([2H])(C)C.[2H]C([2H])([2H])c1c[n+](C)c(-c2c(C)ccc3c2oc2nc(CC)ccc23)cc1C(C)C.[2H]C([2H])([2H])c1c[n+](C)c(-c2c(C)ccc3c2oc2nc(CC)ccc23)cc1C([2H])(C)C. The molecule has 0 saturated carbocycles. The van der Waals surface area contributed by atoms with Gasteiger partial charge in [0.05, 0.1) is 27.8 Å². The van der Waals surface area contributed by atoms with Crippen LogP contribution in [0.3, 0.4) is 0 Å². The molecule has 0 amide bonds. The molecule has 138 heavy (non-hydrogen) atoms. The number of hydrogen-bond acceptors (Lipinski definition) is 10. The smallest absolute Gasteiger partial charge is 0.227 e. The zero-order chi connectivity index (χ0) is 111. The zero-order valence-electron chi connectivity index (χ0n) is 99.7. The summed E-state index contributed by atoms with van der Waals surface area (Å²) in [7, 11) is 9.57. The highest BCUT2D eigenvalue weighted by Crippen LogP contribution is 2.45. The van der Waals surface area contributed by atoms with Gasteiger partial charge in [0.2, 0.25) is 57.0 Å². The zero-order valence-corrected chi connectivity index (χ0v) is 85.7. The van der Waals surface area contributed by atoms with Crippen LogP contribution < -0.4 is 22.8 Å². The first-order chi connectivity index (χ1) is 71.1. The number of benzene rings is 5. The van der Waals surface area contributed by atoms with Crippen LogP contribution >= 0.6 is 0 Å². The minimum atomic E-state index is -2.30. The van der Waals surface area contributed by atoms with Crippen molar-refractivity contribution in [3.63, 3.8) is 0 Å². The second kappa shape index (κ2) is 39.2. The van der Waals surface area contributed by atoms with Crippen LogP contribution in [-0.2, 0) is 48.1 Å². The second-order valence-corrected chi connectivity index (χ2v) is 39.8. The number of hydrogen-bond donors (Lipinski definition) is 0. The third-order valence-corrected chi connectivity index (χ3v) is 27.2. The molecular weight excluding hydrogens is 1700 g/mol. The average Bonchev–Trinajstić information content (AvgIpc) is 1.55. The Bertz CT molecular complexity index is 8770. The van der Waals surface area contributed by atoms with Crippen molar-refractivity contribution < 1.29 is 64.1 Å². The predicted octanol–water partition coefficient (Wildman–Crippen LogP) is 30.6. The lowest BCUT2D eigenvalue weighted by atomic mass is 9.94. The van der Waals surface area contributed by atoms with Crippen molar-refractivity contribution in [1.29, 1.82) is 0 Å². The molecular formula is C123H141N10O5+5. The summed E-state index contributed by atoms with van der Waals surface area (Å²) in [5.41, 5.74) is 33.6. The van der Waals surface area contributed by atoms with Gasteiger partial charge in [-0.1, -0.05) is 185 Å². The van der Waals surface area contributed by atoms with Crippen LogP contribution in [0.25, 0.3) is 167 Å². The molecule has 15 heteroatoms. The van der Waals surface area contributed by atoms with Crippen LogP contribution in [-0.4, -0.2) is 24.9 Å². The summed E-state index contributed by atoms with van der Waals surface area (Å²) in [6.07, 6.45) is 10.6. The minimum Gasteiger partial charge on any atom is -0.437 e. The second-order valence-electron chi connectivity index (χ2n) is 39.8. The van der Waals surface area contributed by atoms with Crippen LogP contribution in [0.5, 0.6) is 0 Å². The summed E-state index contributed by atoms with van der Waals surface area (Å²) in [4.78, 5) is 23.6. The predicted molar refractivity (Wildman–Crippen MR) is 569 cm³/mol. The number of rotatable bonds is 15. The summed E-state index contributed by atoms with van der Waals surface area (Å²) >= 11 is 0. The summed E-state index contributed by atoms with van der Waals surface area (Å²) in [6.45, 7) is 39.9. The maximum absolute atomic E-state index is 8.60. The number of pyridine rings is 10. The van der Waals surface area contributed by atoms with Crippen LogP contribution in [0.1, 0.15) is 303 Å². The number of nitrogens with zero attached hydrogens (tertiary/aromatic N) is 10. The quantitative estimate of drug-likeness (QED) is 0.0908. The van der Waals surface area contributed by atoms with E-state index < -0.39 is 39.2 Å².